The first-order valence-electron chi connectivity index (χ1n) is 4.77. The molecule has 1 aliphatic rings. The molecular weight excluding hydrogens is 178 g/mol. The second kappa shape index (κ2) is 3.42. The van der Waals surface area contributed by atoms with Crippen LogP contribution in [0.15, 0.2) is 18.2 Å². The van der Waals surface area contributed by atoms with Gasteiger partial charge in [0.05, 0.1) is 6.10 Å². The quantitative estimate of drug-likeness (QED) is 0.696. The summed E-state index contributed by atoms with van der Waals surface area (Å²) in [7, 11) is 0. The van der Waals surface area contributed by atoms with Crippen LogP contribution in [-0.2, 0) is 6.42 Å². The zero-order valence-electron chi connectivity index (χ0n) is 8.08. The summed E-state index contributed by atoms with van der Waals surface area (Å²) in [5.41, 5.74) is 2.56. The Bertz CT molecular complexity index is 372. The zero-order chi connectivity index (χ0) is 10.1. The van der Waals surface area contributed by atoms with Crippen LogP contribution in [0.25, 0.3) is 0 Å². The minimum absolute atomic E-state index is 0.0336. The SMILES string of the molecule is CC(O)c1ccc2c(c1)C(=O)NCC2. The van der Waals surface area contributed by atoms with E-state index in [9.17, 15) is 9.90 Å². The number of aliphatic hydroxyl groups excluding tert-OH is 1. The van der Waals surface area contributed by atoms with Crippen molar-refractivity contribution in [3.8, 4) is 0 Å². The summed E-state index contributed by atoms with van der Waals surface area (Å²) in [5, 5.41) is 12.2. The van der Waals surface area contributed by atoms with Gasteiger partial charge < -0.3 is 10.4 Å². The number of benzene rings is 1. The van der Waals surface area contributed by atoms with Crippen LogP contribution in [0.1, 0.15) is 34.5 Å². The summed E-state index contributed by atoms with van der Waals surface area (Å²) >= 11 is 0. The topological polar surface area (TPSA) is 49.3 Å². The zero-order valence-corrected chi connectivity index (χ0v) is 8.08. The molecular formula is C11H13NO2. The number of hydrogen-bond donors (Lipinski definition) is 2. The second-order valence-electron chi connectivity index (χ2n) is 3.60. The van der Waals surface area contributed by atoms with Gasteiger partial charge in [-0.25, -0.2) is 0 Å². The van der Waals surface area contributed by atoms with E-state index in [-0.39, 0.29) is 5.91 Å². The van der Waals surface area contributed by atoms with Gasteiger partial charge in [0, 0.05) is 12.1 Å². The third-order valence-electron chi connectivity index (χ3n) is 2.54. The Morgan fingerprint density at radius 3 is 3.00 bits per heavy atom. The Morgan fingerprint density at radius 1 is 1.50 bits per heavy atom. The number of fused-ring (bicyclic) bond motifs is 1. The first kappa shape index (κ1) is 9.21. The average molecular weight is 191 g/mol. The van der Waals surface area contributed by atoms with E-state index in [1.165, 1.54) is 0 Å². The molecule has 1 heterocycles. The third kappa shape index (κ3) is 1.51. The van der Waals surface area contributed by atoms with Crippen molar-refractivity contribution in [1.82, 2.24) is 5.32 Å². The monoisotopic (exact) mass is 191 g/mol. The van der Waals surface area contributed by atoms with Crippen LogP contribution in [0, 0.1) is 0 Å². The summed E-state index contributed by atoms with van der Waals surface area (Å²) < 4.78 is 0. The van der Waals surface area contributed by atoms with E-state index in [4.69, 9.17) is 0 Å². The lowest BCUT2D eigenvalue weighted by Crippen LogP contribution is -2.31. The molecule has 1 amide bonds. The minimum Gasteiger partial charge on any atom is -0.389 e. The highest BCUT2D eigenvalue weighted by Gasteiger charge is 2.17. The van der Waals surface area contributed by atoms with Gasteiger partial charge in [0.1, 0.15) is 0 Å². The van der Waals surface area contributed by atoms with E-state index < -0.39 is 6.10 Å². The molecule has 1 aromatic carbocycles. The predicted octanol–water partition coefficient (Wildman–Crippen LogP) is 1.03. The molecule has 0 bridgehead atoms. The molecule has 0 saturated heterocycles. The number of nitrogens with one attached hydrogen (secondary N) is 1. The molecule has 2 rings (SSSR count). The van der Waals surface area contributed by atoms with Crippen molar-refractivity contribution in [2.45, 2.75) is 19.4 Å². The number of carbonyl (C=O) groups excluding carboxylic acids is 1. The van der Waals surface area contributed by atoms with Crippen LogP contribution >= 0.6 is 0 Å². The largest absolute Gasteiger partial charge is 0.389 e. The molecule has 1 aliphatic heterocycles. The van der Waals surface area contributed by atoms with E-state index in [1.54, 1.807) is 13.0 Å². The van der Waals surface area contributed by atoms with Crippen LogP contribution in [0.3, 0.4) is 0 Å². The first-order chi connectivity index (χ1) is 6.68. The normalized spacial score (nSPS) is 17.1. The van der Waals surface area contributed by atoms with Crippen LogP contribution in [-0.4, -0.2) is 17.6 Å². The van der Waals surface area contributed by atoms with Gasteiger partial charge in [-0.3, -0.25) is 4.79 Å². The third-order valence-corrected chi connectivity index (χ3v) is 2.54. The molecule has 0 radical (unpaired) electrons. The Morgan fingerprint density at radius 2 is 2.29 bits per heavy atom. The molecule has 2 N–H and O–H groups in total. The summed E-state index contributed by atoms with van der Waals surface area (Å²) in [4.78, 5) is 11.5. The van der Waals surface area contributed by atoms with E-state index in [0.29, 0.717) is 12.1 Å². The number of amides is 1. The predicted molar refractivity (Wildman–Crippen MR) is 53.1 cm³/mol. The summed E-state index contributed by atoms with van der Waals surface area (Å²) in [6, 6.07) is 5.58. The molecule has 0 saturated carbocycles. The summed E-state index contributed by atoms with van der Waals surface area (Å²) in [6.45, 7) is 2.41. The van der Waals surface area contributed by atoms with Crippen molar-refractivity contribution in [2.24, 2.45) is 0 Å². The molecule has 0 fully saturated rings. The van der Waals surface area contributed by atoms with Crippen LogP contribution in [0.2, 0.25) is 0 Å². The van der Waals surface area contributed by atoms with Crippen molar-refractivity contribution in [1.29, 1.82) is 0 Å². The van der Waals surface area contributed by atoms with E-state index in [0.717, 1.165) is 17.5 Å². The van der Waals surface area contributed by atoms with Crippen molar-refractivity contribution >= 4 is 5.91 Å². The van der Waals surface area contributed by atoms with Gasteiger partial charge in [-0.2, -0.15) is 0 Å². The fraction of sp³-hybridized carbons (Fsp3) is 0.364. The average Bonchev–Trinajstić information content (AvgIpc) is 2.18. The van der Waals surface area contributed by atoms with Crippen molar-refractivity contribution in [3.05, 3.63) is 34.9 Å². The highest BCUT2D eigenvalue weighted by atomic mass is 16.3. The van der Waals surface area contributed by atoms with Gasteiger partial charge >= 0.3 is 0 Å². The maximum absolute atomic E-state index is 11.5. The highest BCUT2D eigenvalue weighted by Crippen LogP contribution is 2.19. The lowest BCUT2D eigenvalue weighted by atomic mass is 9.96. The van der Waals surface area contributed by atoms with Gasteiger partial charge in [-0.05, 0) is 30.5 Å². The molecule has 1 atom stereocenters. The lowest BCUT2D eigenvalue weighted by Gasteiger charge is -2.17. The lowest BCUT2D eigenvalue weighted by molar-refractivity contribution is 0.0945. The van der Waals surface area contributed by atoms with Gasteiger partial charge in [-0.15, -0.1) is 0 Å². The summed E-state index contributed by atoms with van der Waals surface area (Å²) in [5.74, 6) is -0.0336. The highest BCUT2D eigenvalue weighted by molar-refractivity contribution is 5.96. The fourth-order valence-corrected chi connectivity index (χ4v) is 1.69. The summed E-state index contributed by atoms with van der Waals surface area (Å²) in [6.07, 6.45) is 0.358. The number of aliphatic hydroxyl groups is 1. The molecule has 3 nitrogen and oxygen atoms in total. The van der Waals surface area contributed by atoms with E-state index >= 15 is 0 Å². The Hall–Kier alpha value is -1.35. The van der Waals surface area contributed by atoms with Gasteiger partial charge in [0.25, 0.3) is 5.91 Å². The number of carbonyl (C=O) groups is 1. The smallest absolute Gasteiger partial charge is 0.251 e. The van der Waals surface area contributed by atoms with Gasteiger partial charge in [-0.1, -0.05) is 12.1 Å². The Balaban J connectivity index is 2.46. The number of rotatable bonds is 1. The molecule has 0 aliphatic carbocycles. The Kier molecular flexibility index (Phi) is 2.25. The van der Waals surface area contributed by atoms with Crippen molar-refractivity contribution in [3.63, 3.8) is 0 Å². The standard InChI is InChI=1S/C11H13NO2/c1-7(13)9-3-2-8-4-5-12-11(14)10(8)6-9/h2-3,6-7,13H,4-5H2,1H3,(H,12,14). The van der Waals surface area contributed by atoms with Crippen molar-refractivity contribution in [2.75, 3.05) is 6.54 Å². The van der Waals surface area contributed by atoms with E-state index in [1.807, 2.05) is 12.1 Å². The molecule has 14 heavy (non-hydrogen) atoms. The van der Waals surface area contributed by atoms with Crippen LogP contribution in [0.4, 0.5) is 0 Å². The van der Waals surface area contributed by atoms with Gasteiger partial charge in [0.15, 0.2) is 0 Å². The molecule has 3 heteroatoms. The molecule has 1 aromatic rings. The molecule has 0 aromatic heterocycles. The minimum atomic E-state index is -0.518. The number of hydrogen-bond acceptors (Lipinski definition) is 2. The molecule has 0 spiro atoms. The van der Waals surface area contributed by atoms with Gasteiger partial charge in [0.2, 0.25) is 0 Å². The van der Waals surface area contributed by atoms with E-state index in [2.05, 4.69) is 5.32 Å². The van der Waals surface area contributed by atoms with Crippen LogP contribution in [0.5, 0.6) is 0 Å². The van der Waals surface area contributed by atoms with Crippen molar-refractivity contribution < 1.29 is 9.90 Å². The maximum atomic E-state index is 11.5. The second-order valence-corrected chi connectivity index (χ2v) is 3.60. The van der Waals surface area contributed by atoms with Crippen LogP contribution < -0.4 is 5.32 Å². The molecule has 74 valence electrons. The fourth-order valence-electron chi connectivity index (χ4n) is 1.69. The Labute approximate surface area is 82.8 Å². The maximum Gasteiger partial charge on any atom is 0.251 e. The first-order valence-corrected chi connectivity index (χ1v) is 4.77. The molecule has 1 unspecified atom stereocenters.